The van der Waals surface area contributed by atoms with Crippen LogP contribution in [0, 0.1) is 11.3 Å². The molecule has 0 saturated carbocycles. The number of para-hydroxylation sites is 2. The molecule has 50 heavy (non-hydrogen) atoms. The van der Waals surface area contributed by atoms with Crippen molar-refractivity contribution in [2.75, 3.05) is 0 Å². The molecule has 0 aliphatic rings. The van der Waals surface area contributed by atoms with E-state index in [-0.39, 0.29) is 0 Å². The Labute approximate surface area is 291 Å². The number of fused-ring (bicyclic) bond motifs is 8. The highest BCUT2D eigenvalue weighted by atomic mass is 32.1. The summed E-state index contributed by atoms with van der Waals surface area (Å²) >= 11 is 1.75. The van der Waals surface area contributed by atoms with Crippen LogP contribution in [-0.4, -0.2) is 14.5 Å². The van der Waals surface area contributed by atoms with Crippen molar-refractivity contribution >= 4 is 64.1 Å². The lowest BCUT2D eigenvalue weighted by atomic mass is 9.96. The molecule has 0 aliphatic carbocycles. The molecule has 0 spiro atoms. The Bertz CT molecular complexity index is 2990. The van der Waals surface area contributed by atoms with E-state index in [2.05, 4.69) is 126 Å². The summed E-state index contributed by atoms with van der Waals surface area (Å²) in [5, 5.41) is 17.9. The zero-order chi connectivity index (χ0) is 33.2. The lowest BCUT2D eigenvalue weighted by Gasteiger charge is -2.14. The van der Waals surface area contributed by atoms with Gasteiger partial charge in [0, 0.05) is 53.3 Å². The van der Waals surface area contributed by atoms with Gasteiger partial charge in [-0.1, -0.05) is 121 Å². The number of aromatic nitrogens is 3. The monoisotopic (exact) mass is 654 g/mol. The second-order valence-electron chi connectivity index (χ2n) is 12.5. The van der Waals surface area contributed by atoms with Crippen LogP contribution in [0.4, 0.5) is 0 Å². The molecule has 0 N–H and O–H groups in total. The molecule has 0 bridgehead atoms. The highest BCUT2D eigenvalue weighted by Gasteiger charge is 2.25. The van der Waals surface area contributed by atoms with Gasteiger partial charge >= 0.3 is 0 Å². The molecule has 0 amide bonds. The topological polar surface area (TPSA) is 54.5 Å². The molecule has 0 fully saturated rings. The van der Waals surface area contributed by atoms with Crippen LogP contribution in [-0.2, 0) is 0 Å². The van der Waals surface area contributed by atoms with Crippen molar-refractivity contribution in [1.82, 2.24) is 14.5 Å². The molecule has 0 saturated heterocycles. The van der Waals surface area contributed by atoms with Crippen LogP contribution in [0.3, 0.4) is 0 Å². The fraction of sp³-hybridized carbons (Fsp3) is 0. The molecule has 0 radical (unpaired) electrons. The van der Waals surface area contributed by atoms with Crippen molar-refractivity contribution in [2.24, 2.45) is 0 Å². The van der Waals surface area contributed by atoms with Gasteiger partial charge in [0.1, 0.15) is 11.6 Å². The Morgan fingerprint density at radius 3 is 2.06 bits per heavy atom. The second kappa shape index (κ2) is 11.2. The first-order chi connectivity index (χ1) is 24.8. The van der Waals surface area contributed by atoms with E-state index in [0.717, 1.165) is 65.0 Å². The Kier molecular flexibility index (Phi) is 6.38. The molecule has 7 aromatic carbocycles. The number of thiophene rings is 1. The van der Waals surface area contributed by atoms with Gasteiger partial charge in [0.2, 0.25) is 0 Å². The van der Waals surface area contributed by atoms with Crippen LogP contribution in [0.25, 0.3) is 92.3 Å². The summed E-state index contributed by atoms with van der Waals surface area (Å²) in [5.41, 5.74) is 7.83. The van der Waals surface area contributed by atoms with Crippen molar-refractivity contribution in [3.8, 4) is 45.7 Å². The smallest absolute Gasteiger partial charge is 0.160 e. The van der Waals surface area contributed by atoms with Gasteiger partial charge < -0.3 is 4.57 Å². The van der Waals surface area contributed by atoms with Gasteiger partial charge in [-0.2, -0.15) is 5.26 Å². The summed E-state index contributed by atoms with van der Waals surface area (Å²) in [4.78, 5) is 10.4. The number of hydrogen-bond acceptors (Lipinski definition) is 4. The maximum atomic E-state index is 11.0. The van der Waals surface area contributed by atoms with Gasteiger partial charge in [0.25, 0.3) is 0 Å². The lowest BCUT2D eigenvalue weighted by Crippen LogP contribution is -2.01. The molecule has 10 aromatic rings. The number of nitrogens with zero attached hydrogens (tertiary/aromatic N) is 4. The summed E-state index contributed by atoms with van der Waals surface area (Å²) in [6, 6.07) is 57.2. The normalized spacial score (nSPS) is 11.6. The number of benzene rings is 7. The van der Waals surface area contributed by atoms with E-state index in [1.807, 2.05) is 42.5 Å². The van der Waals surface area contributed by atoms with Crippen LogP contribution in [0.15, 0.2) is 158 Å². The molecule has 10 rings (SSSR count). The first kappa shape index (κ1) is 28.4. The first-order valence-corrected chi connectivity index (χ1v) is 17.4. The second-order valence-corrected chi connectivity index (χ2v) is 13.5. The molecule has 3 aromatic heterocycles. The molecule has 0 aliphatic heterocycles. The van der Waals surface area contributed by atoms with Crippen molar-refractivity contribution in [2.45, 2.75) is 0 Å². The Hall–Kier alpha value is -6.61. The van der Waals surface area contributed by atoms with E-state index >= 15 is 0 Å². The van der Waals surface area contributed by atoms with Gasteiger partial charge in [0.15, 0.2) is 5.82 Å². The van der Waals surface area contributed by atoms with Gasteiger partial charge in [-0.15, -0.1) is 11.3 Å². The summed E-state index contributed by atoms with van der Waals surface area (Å²) < 4.78 is 4.67. The fourth-order valence-corrected chi connectivity index (χ4v) is 8.60. The first-order valence-electron chi connectivity index (χ1n) is 16.6. The maximum Gasteiger partial charge on any atom is 0.160 e. The zero-order valence-electron chi connectivity index (χ0n) is 26.7. The molecule has 5 heteroatoms. The Morgan fingerprint density at radius 2 is 1.24 bits per heavy atom. The third kappa shape index (κ3) is 4.29. The minimum Gasteiger partial charge on any atom is -0.309 e. The molecule has 0 atom stereocenters. The minimum atomic E-state index is 0.463. The molecule has 3 heterocycles. The molecular weight excluding hydrogens is 629 g/mol. The summed E-state index contributed by atoms with van der Waals surface area (Å²) in [5.74, 6) is 0.587. The van der Waals surface area contributed by atoms with Crippen LogP contribution < -0.4 is 0 Å². The summed E-state index contributed by atoms with van der Waals surface area (Å²) in [7, 11) is 0. The standard InChI is InChI=1S/C45H26N4S/c46-27-37-41(31-24-23-28-13-7-8-16-30(28)25-31)47-45(29-14-3-1-4-15-29)48-42(37)36-26-35-33-19-9-11-21-38(33)49(32-17-5-2-6-18-32)43(35)40-34-20-10-12-22-39(34)50-44(36)40/h1-26H. The average Bonchev–Trinajstić information content (AvgIpc) is 3.73. The van der Waals surface area contributed by atoms with E-state index < -0.39 is 0 Å². The minimum absolute atomic E-state index is 0.463. The van der Waals surface area contributed by atoms with Crippen molar-refractivity contribution in [3.05, 3.63) is 163 Å². The van der Waals surface area contributed by atoms with Crippen LogP contribution in [0.5, 0.6) is 0 Å². The van der Waals surface area contributed by atoms with E-state index in [4.69, 9.17) is 9.97 Å². The van der Waals surface area contributed by atoms with Crippen molar-refractivity contribution in [3.63, 3.8) is 0 Å². The van der Waals surface area contributed by atoms with Crippen molar-refractivity contribution < 1.29 is 0 Å². The van der Waals surface area contributed by atoms with Crippen molar-refractivity contribution in [1.29, 1.82) is 5.26 Å². The van der Waals surface area contributed by atoms with E-state index in [1.54, 1.807) is 11.3 Å². The third-order valence-electron chi connectivity index (χ3n) is 9.62. The average molecular weight is 655 g/mol. The molecule has 0 unspecified atom stereocenters. The fourth-order valence-electron chi connectivity index (χ4n) is 7.38. The van der Waals surface area contributed by atoms with Crippen LogP contribution in [0.1, 0.15) is 5.56 Å². The van der Waals surface area contributed by atoms with E-state index in [0.29, 0.717) is 22.8 Å². The third-order valence-corrected chi connectivity index (χ3v) is 10.8. The Balaban J connectivity index is 1.38. The lowest BCUT2D eigenvalue weighted by molar-refractivity contribution is 1.17. The van der Waals surface area contributed by atoms with Gasteiger partial charge in [-0.25, -0.2) is 9.97 Å². The maximum absolute atomic E-state index is 11.0. The summed E-state index contributed by atoms with van der Waals surface area (Å²) in [6.45, 7) is 0. The largest absolute Gasteiger partial charge is 0.309 e. The van der Waals surface area contributed by atoms with Gasteiger partial charge in [-0.05, 0) is 47.2 Å². The highest BCUT2D eigenvalue weighted by Crippen LogP contribution is 2.48. The van der Waals surface area contributed by atoms with Crippen LogP contribution in [0.2, 0.25) is 0 Å². The predicted octanol–water partition coefficient (Wildman–Crippen LogP) is 12.0. The van der Waals surface area contributed by atoms with Crippen LogP contribution >= 0.6 is 11.3 Å². The highest BCUT2D eigenvalue weighted by molar-refractivity contribution is 7.26. The van der Waals surface area contributed by atoms with Gasteiger partial charge in [0.05, 0.1) is 22.4 Å². The number of nitriles is 1. The SMILES string of the molecule is N#Cc1c(-c2ccc3ccccc3c2)nc(-c2ccccc2)nc1-c1cc2c3ccccc3n(-c3ccccc3)c2c2c1sc1ccccc12. The zero-order valence-corrected chi connectivity index (χ0v) is 27.5. The Morgan fingerprint density at radius 1 is 0.560 bits per heavy atom. The summed E-state index contributed by atoms with van der Waals surface area (Å²) in [6.07, 6.45) is 0. The molecule has 4 nitrogen and oxygen atoms in total. The van der Waals surface area contributed by atoms with E-state index in [9.17, 15) is 5.26 Å². The predicted molar refractivity (Wildman–Crippen MR) is 208 cm³/mol. The molecule has 232 valence electrons. The molecular formula is C45H26N4S. The quantitative estimate of drug-likeness (QED) is 0.190. The number of hydrogen-bond donors (Lipinski definition) is 0. The number of rotatable bonds is 4. The van der Waals surface area contributed by atoms with Gasteiger partial charge in [-0.3, -0.25) is 0 Å². The van der Waals surface area contributed by atoms with E-state index in [1.165, 1.54) is 10.1 Å².